The number of carboxylic acid groups (broad SMARTS) is 1. The van der Waals surface area contributed by atoms with Gasteiger partial charge >= 0.3 is 5.97 Å². The summed E-state index contributed by atoms with van der Waals surface area (Å²) in [6.45, 7) is 2.95. The fourth-order valence-electron chi connectivity index (χ4n) is 1.52. The molecule has 1 rings (SSSR count). The van der Waals surface area contributed by atoms with Crippen molar-refractivity contribution in [3.05, 3.63) is 23.0 Å². The van der Waals surface area contributed by atoms with Gasteiger partial charge in [0.15, 0.2) is 0 Å². The van der Waals surface area contributed by atoms with Gasteiger partial charge in [0.05, 0.1) is 23.5 Å². The minimum absolute atomic E-state index is 0.106. The van der Waals surface area contributed by atoms with E-state index in [-0.39, 0.29) is 6.54 Å². The van der Waals surface area contributed by atoms with Gasteiger partial charge in [-0.2, -0.15) is 5.26 Å². The van der Waals surface area contributed by atoms with Gasteiger partial charge in [-0.3, -0.25) is 14.6 Å². The van der Waals surface area contributed by atoms with Crippen LogP contribution < -0.4 is 10.6 Å². The standard InChI is InChI=1S/C12H14N4O3/c1-7-3-10(9(4-13)8(2)16-7)14-5-11(17)15-6-12(18)19/h3H,5-6H2,1-2H3,(H,14,16)(H,15,17)(H,18,19). The number of nitrogens with one attached hydrogen (secondary N) is 2. The Hall–Kier alpha value is -2.62. The highest BCUT2D eigenvalue weighted by atomic mass is 16.4. The number of anilines is 1. The van der Waals surface area contributed by atoms with Crippen molar-refractivity contribution in [1.82, 2.24) is 10.3 Å². The summed E-state index contributed by atoms with van der Waals surface area (Å²) in [5.74, 6) is -1.57. The Morgan fingerprint density at radius 1 is 1.42 bits per heavy atom. The Kier molecular flexibility index (Phi) is 4.83. The molecule has 1 heterocycles. The number of nitrogens with zero attached hydrogens (tertiary/aromatic N) is 2. The summed E-state index contributed by atoms with van der Waals surface area (Å²) < 4.78 is 0. The molecule has 19 heavy (non-hydrogen) atoms. The van der Waals surface area contributed by atoms with Gasteiger partial charge < -0.3 is 15.7 Å². The van der Waals surface area contributed by atoms with Crippen molar-refractivity contribution >= 4 is 17.6 Å². The van der Waals surface area contributed by atoms with E-state index in [2.05, 4.69) is 15.6 Å². The summed E-state index contributed by atoms with van der Waals surface area (Å²) in [7, 11) is 0. The van der Waals surface area contributed by atoms with Gasteiger partial charge in [0, 0.05) is 5.69 Å². The Balaban J connectivity index is 2.70. The van der Waals surface area contributed by atoms with Gasteiger partial charge in [-0.15, -0.1) is 0 Å². The largest absolute Gasteiger partial charge is 0.480 e. The molecule has 3 N–H and O–H groups in total. The smallest absolute Gasteiger partial charge is 0.322 e. The number of amides is 1. The molecule has 1 aromatic rings. The summed E-state index contributed by atoms with van der Waals surface area (Å²) in [5, 5.41) is 22.5. The molecule has 0 unspecified atom stereocenters. The lowest BCUT2D eigenvalue weighted by atomic mass is 10.1. The molecule has 0 bridgehead atoms. The molecule has 0 saturated heterocycles. The third-order valence-corrected chi connectivity index (χ3v) is 2.32. The maximum absolute atomic E-state index is 11.4. The average molecular weight is 262 g/mol. The van der Waals surface area contributed by atoms with E-state index in [0.717, 1.165) is 5.69 Å². The maximum atomic E-state index is 11.4. The second kappa shape index (κ2) is 6.35. The van der Waals surface area contributed by atoms with Crippen molar-refractivity contribution < 1.29 is 14.7 Å². The zero-order valence-corrected chi connectivity index (χ0v) is 10.6. The minimum Gasteiger partial charge on any atom is -0.480 e. The van der Waals surface area contributed by atoms with E-state index >= 15 is 0 Å². The molecule has 0 atom stereocenters. The van der Waals surface area contributed by atoms with E-state index in [1.165, 1.54) is 0 Å². The number of aryl methyl sites for hydroxylation is 2. The topological polar surface area (TPSA) is 115 Å². The molecule has 1 aromatic heterocycles. The Labute approximate surface area is 110 Å². The van der Waals surface area contributed by atoms with Crippen LogP contribution in [-0.4, -0.2) is 35.1 Å². The third-order valence-electron chi connectivity index (χ3n) is 2.32. The molecule has 0 spiro atoms. The predicted octanol–water partition coefficient (Wildman–Crippen LogP) is 0.183. The van der Waals surface area contributed by atoms with Crippen molar-refractivity contribution in [2.45, 2.75) is 13.8 Å². The first-order valence-electron chi connectivity index (χ1n) is 5.54. The van der Waals surface area contributed by atoms with Gasteiger partial charge in [-0.05, 0) is 19.9 Å². The molecule has 0 aliphatic rings. The average Bonchev–Trinajstić information content (AvgIpc) is 2.33. The number of rotatable bonds is 5. The summed E-state index contributed by atoms with van der Waals surface area (Å²) in [6, 6.07) is 3.68. The van der Waals surface area contributed by atoms with Crippen molar-refractivity contribution in [2.24, 2.45) is 0 Å². The normalized spacial score (nSPS) is 9.53. The van der Waals surface area contributed by atoms with E-state index in [9.17, 15) is 9.59 Å². The van der Waals surface area contributed by atoms with Crippen molar-refractivity contribution in [3.63, 3.8) is 0 Å². The summed E-state index contributed by atoms with van der Waals surface area (Å²) in [6.07, 6.45) is 0. The minimum atomic E-state index is -1.11. The summed E-state index contributed by atoms with van der Waals surface area (Å²) in [5.41, 5.74) is 2.19. The van der Waals surface area contributed by atoms with E-state index in [1.807, 2.05) is 6.07 Å². The predicted molar refractivity (Wildman–Crippen MR) is 67.6 cm³/mol. The maximum Gasteiger partial charge on any atom is 0.322 e. The fourth-order valence-corrected chi connectivity index (χ4v) is 1.52. The number of hydrogen-bond acceptors (Lipinski definition) is 5. The Morgan fingerprint density at radius 3 is 2.68 bits per heavy atom. The van der Waals surface area contributed by atoms with Crippen molar-refractivity contribution in [2.75, 3.05) is 18.4 Å². The summed E-state index contributed by atoms with van der Waals surface area (Å²) >= 11 is 0. The van der Waals surface area contributed by atoms with Crippen LogP contribution in [0.5, 0.6) is 0 Å². The fraction of sp³-hybridized carbons (Fsp3) is 0.333. The molecular formula is C12H14N4O3. The van der Waals surface area contributed by atoms with Gasteiger partial charge in [-0.1, -0.05) is 0 Å². The van der Waals surface area contributed by atoms with E-state index in [4.69, 9.17) is 10.4 Å². The molecule has 100 valence electrons. The summed E-state index contributed by atoms with van der Waals surface area (Å²) in [4.78, 5) is 25.8. The van der Waals surface area contributed by atoms with E-state index in [1.54, 1.807) is 19.9 Å². The number of hydrogen-bond donors (Lipinski definition) is 3. The molecular weight excluding hydrogens is 248 g/mol. The third kappa shape index (κ3) is 4.27. The van der Waals surface area contributed by atoms with Crippen molar-refractivity contribution in [3.8, 4) is 6.07 Å². The molecule has 0 radical (unpaired) electrons. The highest BCUT2D eigenvalue weighted by Crippen LogP contribution is 2.18. The second-order valence-corrected chi connectivity index (χ2v) is 3.91. The van der Waals surface area contributed by atoms with Crippen LogP contribution in [0.4, 0.5) is 5.69 Å². The lowest BCUT2D eigenvalue weighted by Gasteiger charge is -2.10. The molecule has 0 aromatic carbocycles. The highest BCUT2D eigenvalue weighted by Gasteiger charge is 2.09. The number of nitriles is 1. The number of carbonyl (C=O) groups excluding carboxylic acids is 1. The number of aliphatic carboxylic acids is 1. The van der Waals surface area contributed by atoms with Crippen LogP contribution >= 0.6 is 0 Å². The van der Waals surface area contributed by atoms with Crippen LogP contribution in [0.1, 0.15) is 17.0 Å². The molecule has 7 heteroatoms. The van der Waals surface area contributed by atoms with Crippen LogP contribution in [0, 0.1) is 25.2 Å². The number of carbonyl (C=O) groups is 2. The van der Waals surface area contributed by atoms with Crippen LogP contribution in [0.2, 0.25) is 0 Å². The van der Waals surface area contributed by atoms with Gasteiger partial charge in [-0.25, -0.2) is 0 Å². The van der Waals surface area contributed by atoms with Crippen molar-refractivity contribution in [1.29, 1.82) is 5.26 Å². The van der Waals surface area contributed by atoms with Crippen LogP contribution in [0.3, 0.4) is 0 Å². The SMILES string of the molecule is Cc1cc(NCC(=O)NCC(=O)O)c(C#N)c(C)n1. The second-order valence-electron chi connectivity index (χ2n) is 3.91. The molecule has 0 fully saturated rings. The molecule has 1 amide bonds. The molecule has 0 aliphatic heterocycles. The monoisotopic (exact) mass is 262 g/mol. The first kappa shape index (κ1) is 14.4. The zero-order valence-electron chi connectivity index (χ0n) is 10.6. The lowest BCUT2D eigenvalue weighted by Crippen LogP contribution is -2.34. The quantitative estimate of drug-likeness (QED) is 0.697. The number of aromatic nitrogens is 1. The van der Waals surface area contributed by atoms with Crippen LogP contribution in [0.15, 0.2) is 6.07 Å². The Morgan fingerprint density at radius 2 is 2.11 bits per heavy atom. The zero-order chi connectivity index (χ0) is 14.4. The van der Waals surface area contributed by atoms with E-state index in [0.29, 0.717) is 16.9 Å². The highest BCUT2D eigenvalue weighted by molar-refractivity contribution is 5.84. The first-order chi connectivity index (χ1) is 8.93. The van der Waals surface area contributed by atoms with E-state index < -0.39 is 18.4 Å². The van der Waals surface area contributed by atoms with Gasteiger partial charge in [0.25, 0.3) is 0 Å². The number of carboxylic acids is 1. The Bertz CT molecular complexity index is 549. The molecule has 7 nitrogen and oxygen atoms in total. The first-order valence-corrected chi connectivity index (χ1v) is 5.54. The van der Waals surface area contributed by atoms with Gasteiger partial charge in [0.2, 0.25) is 5.91 Å². The molecule has 0 aliphatic carbocycles. The molecule has 0 saturated carbocycles. The lowest BCUT2D eigenvalue weighted by molar-refractivity contribution is -0.137. The van der Waals surface area contributed by atoms with Crippen LogP contribution in [-0.2, 0) is 9.59 Å². The van der Waals surface area contributed by atoms with Crippen LogP contribution in [0.25, 0.3) is 0 Å². The number of pyridine rings is 1. The van der Waals surface area contributed by atoms with Gasteiger partial charge in [0.1, 0.15) is 12.6 Å².